The minimum Gasteiger partial charge on any atom is -0.323 e. The van der Waals surface area contributed by atoms with Crippen LogP contribution >= 0.6 is 0 Å². The van der Waals surface area contributed by atoms with Crippen molar-refractivity contribution in [2.75, 3.05) is 5.32 Å². The van der Waals surface area contributed by atoms with Gasteiger partial charge in [-0.15, -0.1) is 5.10 Å². The van der Waals surface area contributed by atoms with Gasteiger partial charge in [0.1, 0.15) is 0 Å². The lowest BCUT2D eigenvalue weighted by Gasteiger charge is -2.12. The molecule has 5 aromatic rings. The predicted octanol–water partition coefficient (Wildman–Crippen LogP) is 6.22. The van der Waals surface area contributed by atoms with Crippen molar-refractivity contribution < 1.29 is 13.2 Å². The average molecular weight is 431 g/mol. The standard InChI is InChI=1S/C24H16F3N5/c25-24(26,27)21-8-2-1-6-19(21)20-7-4-14-32-22(20)30-23(31-32)29-18-11-9-16(10-12-18)17-5-3-13-28-15-17/h1-15H,(H,29,31). The van der Waals surface area contributed by atoms with Crippen LogP contribution in [0.25, 0.3) is 27.9 Å². The van der Waals surface area contributed by atoms with E-state index in [1.54, 1.807) is 36.8 Å². The van der Waals surface area contributed by atoms with Crippen LogP contribution in [0.5, 0.6) is 0 Å². The zero-order valence-corrected chi connectivity index (χ0v) is 16.6. The Morgan fingerprint density at radius 2 is 1.56 bits per heavy atom. The molecule has 2 aromatic carbocycles. The normalized spacial score (nSPS) is 11.6. The largest absolute Gasteiger partial charge is 0.417 e. The molecule has 0 saturated carbocycles. The first-order chi connectivity index (χ1) is 15.5. The molecule has 3 heterocycles. The average Bonchev–Trinajstić information content (AvgIpc) is 3.22. The Kier molecular flexibility index (Phi) is 4.82. The zero-order valence-electron chi connectivity index (χ0n) is 16.6. The minimum atomic E-state index is -4.47. The van der Waals surface area contributed by atoms with Crippen molar-refractivity contribution in [1.82, 2.24) is 19.6 Å². The highest BCUT2D eigenvalue weighted by Gasteiger charge is 2.33. The van der Waals surface area contributed by atoms with E-state index in [9.17, 15) is 13.2 Å². The summed E-state index contributed by atoms with van der Waals surface area (Å²) in [4.78, 5) is 8.57. The van der Waals surface area contributed by atoms with Crippen LogP contribution in [-0.4, -0.2) is 19.6 Å². The SMILES string of the molecule is FC(F)(F)c1ccccc1-c1cccn2nc(Nc3ccc(-c4cccnc4)cc3)nc12. The van der Waals surface area contributed by atoms with Crippen LogP contribution < -0.4 is 5.32 Å². The first-order valence-corrected chi connectivity index (χ1v) is 9.78. The number of pyridine rings is 2. The molecule has 8 heteroatoms. The number of benzene rings is 2. The molecular weight excluding hydrogens is 415 g/mol. The third kappa shape index (κ3) is 3.78. The number of fused-ring (bicyclic) bond motifs is 1. The second-order valence-corrected chi connectivity index (χ2v) is 7.11. The number of rotatable bonds is 4. The fourth-order valence-electron chi connectivity index (χ4n) is 3.54. The third-order valence-corrected chi connectivity index (χ3v) is 5.02. The van der Waals surface area contributed by atoms with E-state index in [0.29, 0.717) is 11.2 Å². The molecule has 0 aliphatic carbocycles. The van der Waals surface area contributed by atoms with E-state index in [1.165, 1.54) is 16.6 Å². The summed E-state index contributed by atoms with van der Waals surface area (Å²) in [5.74, 6) is 0.288. The topological polar surface area (TPSA) is 55.1 Å². The van der Waals surface area contributed by atoms with Gasteiger partial charge in [-0.1, -0.05) is 36.4 Å². The van der Waals surface area contributed by atoms with Gasteiger partial charge in [0.2, 0.25) is 5.95 Å². The van der Waals surface area contributed by atoms with Crippen molar-refractivity contribution in [3.05, 3.63) is 97.0 Å². The first-order valence-electron chi connectivity index (χ1n) is 9.78. The van der Waals surface area contributed by atoms with Crippen molar-refractivity contribution >= 4 is 17.3 Å². The Morgan fingerprint density at radius 3 is 2.31 bits per heavy atom. The highest BCUT2D eigenvalue weighted by molar-refractivity contribution is 5.80. The Morgan fingerprint density at radius 1 is 0.781 bits per heavy atom. The molecule has 3 aromatic heterocycles. The van der Waals surface area contributed by atoms with E-state index in [2.05, 4.69) is 20.4 Å². The molecule has 5 nitrogen and oxygen atoms in total. The maximum absolute atomic E-state index is 13.5. The summed E-state index contributed by atoms with van der Waals surface area (Å²) in [7, 11) is 0. The van der Waals surface area contributed by atoms with Crippen LogP contribution in [0.1, 0.15) is 5.56 Å². The molecule has 5 rings (SSSR count). The van der Waals surface area contributed by atoms with E-state index >= 15 is 0 Å². The van der Waals surface area contributed by atoms with Gasteiger partial charge in [-0.2, -0.15) is 18.2 Å². The van der Waals surface area contributed by atoms with E-state index < -0.39 is 11.7 Å². The van der Waals surface area contributed by atoms with E-state index in [0.717, 1.165) is 22.9 Å². The van der Waals surface area contributed by atoms with Crippen molar-refractivity contribution in [2.24, 2.45) is 0 Å². The number of hydrogen-bond acceptors (Lipinski definition) is 4. The lowest BCUT2D eigenvalue weighted by atomic mass is 10.0. The molecule has 0 aliphatic rings. The summed E-state index contributed by atoms with van der Waals surface area (Å²) in [6.07, 6.45) is 0.682. The Hall–Kier alpha value is -4.20. The smallest absolute Gasteiger partial charge is 0.323 e. The maximum Gasteiger partial charge on any atom is 0.417 e. The number of nitrogens with one attached hydrogen (secondary N) is 1. The molecule has 32 heavy (non-hydrogen) atoms. The van der Waals surface area contributed by atoms with Crippen LogP contribution in [0, 0.1) is 0 Å². The van der Waals surface area contributed by atoms with Crippen molar-refractivity contribution in [3.63, 3.8) is 0 Å². The molecule has 158 valence electrons. The van der Waals surface area contributed by atoms with Gasteiger partial charge < -0.3 is 5.32 Å². The summed E-state index contributed by atoms with van der Waals surface area (Å²) in [6.45, 7) is 0. The molecule has 0 bridgehead atoms. The summed E-state index contributed by atoms with van der Waals surface area (Å²) < 4.78 is 42.0. The third-order valence-electron chi connectivity index (χ3n) is 5.02. The Bertz CT molecular complexity index is 1380. The molecule has 0 aliphatic heterocycles. The van der Waals surface area contributed by atoms with Gasteiger partial charge in [0.15, 0.2) is 5.65 Å². The fourth-order valence-corrected chi connectivity index (χ4v) is 3.54. The number of hydrogen-bond donors (Lipinski definition) is 1. The molecule has 0 radical (unpaired) electrons. The van der Waals surface area contributed by atoms with Gasteiger partial charge in [0.25, 0.3) is 0 Å². The van der Waals surface area contributed by atoms with Gasteiger partial charge in [-0.25, -0.2) is 4.52 Å². The lowest BCUT2D eigenvalue weighted by molar-refractivity contribution is -0.137. The molecule has 0 spiro atoms. The number of nitrogens with zero attached hydrogens (tertiary/aromatic N) is 4. The number of anilines is 2. The summed E-state index contributed by atoms with van der Waals surface area (Å²) in [5.41, 5.74) is 2.80. The zero-order chi connectivity index (χ0) is 22.1. The quantitative estimate of drug-likeness (QED) is 0.367. The number of alkyl halides is 3. The first kappa shape index (κ1) is 19.7. The Labute approximate surface area is 181 Å². The van der Waals surface area contributed by atoms with Gasteiger partial charge in [-0.3, -0.25) is 4.98 Å². The van der Waals surface area contributed by atoms with Gasteiger partial charge in [0.05, 0.1) is 5.56 Å². The van der Waals surface area contributed by atoms with Crippen LogP contribution in [0.3, 0.4) is 0 Å². The predicted molar refractivity (Wildman–Crippen MR) is 116 cm³/mol. The summed E-state index contributed by atoms with van der Waals surface area (Å²) in [6, 6.07) is 20.2. The van der Waals surface area contributed by atoms with Crippen molar-refractivity contribution in [3.8, 4) is 22.3 Å². The van der Waals surface area contributed by atoms with Crippen molar-refractivity contribution in [2.45, 2.75) is 6.18 Å². The number of halogens is 3. The minimum absolute atomic E-state index is 0.0605. The lowest BCUT2D eigenvalue weighted by Crippen LogP contribution is -2.07. The molecule has 0 unspecified atom stereocenters. The van der Waals surface area contributed by atoms with E-state index in [4.69, 9.17) is 0 Å². The second-order valence-electron chi connectivity index (χ2n) is 7.11. The monoisotopic (exact) mass is 431 g/mol. The van der Waals surface area contributed by atoms with Crippen LogP contribution in [0.2, 0.25) is 0 Å². The second kappa shape index (κ2) is 7.81. The number of aromatic nitrogens is 4. The summed E-state index contributed by atoms with van der Waals surface area (Å²) >= 11 is 0. The molecule has 0 saturated heterocycles. The van der Waals surface area contributed by atoms with Gasteiger partial charge in [0, 0.05) is 29.8 Å². The fraction of sp³-hybridized carbons (Fsp3) is 0.0417. The van der Waals surface area contributed by atoms with Gasteiger partial charge >= 0.3 is 6.18 Å². The highest BCUT2D eigenvalue weighted by Crippen LogP contribution is 2.38. The molecular formula is C24H16F3N5. The maximum atomic E-state index is 13.5. The van der Waals surface area contributed by atoms with Gasteiger partial charge in [-0.05, 0) is 53.1 Å². The summed E-state index contributed by atoms with van der Waals surface area (Å²) in [5, 5.41) is 7.48. The van der Waals surface area contributed by atoms with Crippen LogP contribution in [0.15, 0.2) is 91.4 Å². The van der Waals surface area contributed by atoms with E-state index in [-0.39, 0.29) is 11.5 Å². The Balaban J connectivity index is 1.48. The van der Waals surface area contributed by atoms with Crippen LogP contribution in [-0.2, 0) is 6.18 Å². The van der Waals surface area contributed by atoms with Crippen molar-refractivity contribution in [1.29, 1.82) is 0 Å². The van der Waals surface area contributed by atoms with E-state index in [1.807, 2.05) is 36.4 Å². The molecule has 0 atom stereocenters. The highest BCUT2D eigenvalue weighted by atomic mass is 19.4. The molecule has 1 N–H and O–H groups in total. The molecule has 0 fully saturated rings. The molecule has 0 amide bonds. The van der Waals surface area contributed by atoms with Crippen LogP contribution in [0.4, 0.5) is 24.8 Å².